The molecule has 0 bridgehead atoms. The van der Waals surface area contributed by atoms with Gasteiger partial charge in [-0.1, -0.05) is 88.1 Å². The van der Waals surface area contributed by atoms with Crippen molar-refractivity contribution in [1.82, 2.24) is 0 Å². The van der Waals surface area contributed by atoms with Crippen molar-refractivity contribution >= 4 is 12.0 Å². The van der Waals surface area contributed by atoms with E-state index in [0.29, 0.717) is 5.75 Å². The van der Waals surface area contributed by atoms with Gasteiger partial charge in [-0.3, -0.25) is 0 Å². The Morgan fingerprint density at radius 2 is 1.29 bits per heavy atom. The maximum absolute atomic E-state index is 12.2. The Labute approximate surface area is 204 Å². The van der Waals surface area contributed by atoms with E-state index in [1.165, 1.54) is 43.7 Å². The number of carbonyl (C=O) groups excluding carboxylic acids is 1. The summed E-state index contributed by atoms with van der Waals surface area (Å²) < 4.78 is 11.2. The van der Waals surface area contributed by atoms with Crippen LogP contribution in [0.25, 0.3) is 17.2 Å². The van der Waals surface area contributed by atoms with Gasteiger partial charge in [0.05, 0.1) is 6.61 Å². The van der Waals surface area contributed by atoms with E-state index in [2.05, 4.69) is 38.1 Å². The summed E-state index contributed by atoms with van der Waals surface area (Å²) in [5.41, 5.74) is 4.48. The molecule has 0 fully saturated rings. The molecule has 0 unspecified atom stereocenters. The van der Waals surface area contributed by atoms with Crippen LogP contribution in [0, 0.1) is 0 Å². The average Bonchev–Trinajstić information content (AvgIpc) is 2.87. The van der Waals surface area contributed by atoms with Gasteiger partial charge in [0.2, 0.25) is 0 Å². The minimum absolute atomic E-state index is 0.377. The molecule has 0 N–H and O–H groups in total. The molecule has 3 aromatic carbocycles. The second kappa shape index (κ2) is 14.0. The summed E-state index contributed by atoms with van der Waals surface area (Å²) in [5.74, 6) is 1.10. The third-order valence-corrected chi connectivity index (χ3v) is 5.74. The van der Waals surface area contributed by atoms with Crippen LogP contribution in [0.5, 0.6) is 11.5 Å². The lowest BCUT2D eigenvalue weighted by Crippen LogP contribution is -2.03. The molecule has 0 aliphatic rings. The van der Waals surface area contributed by atoms with Crippen molar-refractivity contribution in [3.8, 4) is 22.6 Å². The van der Waals surface area contributed by atoms with Crippen molar-refractivity contribution < 1.29 is 14.3 Å². The van der Waals surface area contributed by atoms with Crippen LogP contribution in [0.1, 0.15) is 63.5 Å². The van der Waals surface area contributed by atoms with Crippen LogP contribution in [0.4, 0.5) is 0 Å². The fourth-order valence-corrected chi connectivity index (χ4v) is 3.69. The van der Waals surface area contributed by atoms with Crippen LogP contribution >= 0.6 is 0 Å². The summed E-state index contributed by atoms with van der Waals surface area (Å²) in [6.07, 6.45) is 11.4. The molecule has 0 saturated carbocycles. The van der Waals surface area contributed by atoms with Crippen LogP contribution in [-0.2, 0) is 11.2 Å². The average molecular weight is 457 g/mol. The second-order valence-corrected chi connectivity index (χ2v) is 8.56. The lowest BCUT2D eigenvalue weighted by molar-refractivity contribution is -0.128. The Hall–Kier alpha value is -3.33. The van der Waals surface area contributed by atoms with E-state index in [9.17, 15) is 4.79 Å². The minimum Gasteiger partial charge on any atom is -0.494 e. The molecule has 3 nitrogen and oxygen atoms in total. The first-order valence-corrected chi connectivity index (χ1v) is 12.5. The molecule has 0 amide bonds. The molecule has 0 radical (unpaired) electrons. The number of aryl methyl sites for hydroxylation is 1. The fraction of sp³-hybridized carbons (Fsp3) is 0.323. The fourth-order valence-electron chi connectivity index (χ4n) is 3.69. The maximum atomic E-state index is 12.2. The number of hydrogen-bond acceptors (Lipinski definition) is 3. The minimum atomic E-state index is -0.377. The largest absolute Gasteiger partial charge is 0.494 e. The number of rotatable bonds is 13. The molecule has 0 aliphatic heterocycles. The Morgan fingerprint density at radius 3 is 1.94 bits per heavy atom. The van der Waals surface area contributed by atoms with Crippen molar-refractivity contribution in [2.75, 3.05) is 6.61 Å². The van der Waals surface area contributed by atoms with Gasteiger partial charge < -0.3 is 9.47 Å². The van der Waals surface area contributed by atoms with E-state index in [-0.39, 0.29) is 5.97 Å². The zero-order chi connectivity index (χ0) is 24.0. The molecule has 3 aromatic rings. The summed E-state index contributed by atoms with van der Waals surface area (Å²) in [5, 5.41) is 0. The number of ether oxygens (including phenoxy) is 2. The highest BCUT2D eigenvalue weighted by atomic mass is 16.5. The standard InChI is InChI=1S/C31H36O3/c1-3-5-7-9-25-12-19-30(20-13-25)34-31(32)23-14-26-10-15-27(16-11-26)28-17-21-29(22-18-28)33-24-8-6-4-2/h10-23H,3-9,24H2,1-2H3/b23-14+. The molecule has 0 atom stereocenters. The van der Waals surface area contributed by atoms with E-state index >= 15 is 0 Å². The number of unbranched alkanes of at least 4 members (excludes halogenated alkanes) is 4. The van der Waals surface area contributed by atoms with Gasteiger partial charge in [-0.2, -0.15) is 0 Å². The lowest BCUT2D eigenvalue weighted by Gasteiger charge is -2.07. The molecule has 178 valence electrons. The first-order chi connectivity index (χ1) is 16.7. The summed E-state index contributed by atoms with van der Waals surface area (Å²) in [6.45, 7) is 5.16. The van der Waals surface area contributed by atoms with Crippen molar-refractivity contribution in [2.45, 2.75) is 58.8 Å². The number of hydrogen-bond donors (Lipinski definition) is 0. The predicted octanol–water partition coefficient (Wildman–Crippen LogP) is 8.27. The molecule has 0 aromatic heterocycles. The Kier molecular flexibility index (Phi) is 10.4. The normalized spacial score (nSPS) is 11.0. The second-order valence-electron chi connectivity index (χ2n) is 8.56. The van der Waals surface area contributed by atoms with Crippen LogP contribution < -0.4 is 9.47 Å². The molecule has 0 spiro atoms. The SMILES string of the molecule is CCCCCOc1ccc(-c2ccc(/C=C/C(=O)Oc3ccc(CCCCC)cc3)cc2)cc1. The summed E-state index contributed by atoms with van der Waals surface area (Å²) in [4.78, 5) is 12.2. The Morgan fingerprint density at radius 1 is 0.706 bits per heavy atom. The number of carbonyl (C=O) groups is 1. The zero-order valence-corrected chi connectivity index (χ0v) is 20.5. The Balaban J connectivity index is 1.49. The maximum Gasteiger partial charge on any atom is 0.336 e. The van der Waals surface area contributed by atoms with Crippen molar-refractivity contribution in [3.05, 3.63) is 90.0 Å². The number of benzene rings is 3. The van der Waals surface area contributed by atoms with Crippen LogP contribution in [-0.4, -0.2) is 12.6 Å². The molecule has 3 heteroatoms. The van der Waals surface area contributed by atoms with Gasteiger partial charge in [0.1, 0.15) is 11.5 Å². The molecule has 0 heterocycles. The summed E-state index contributed by atoms with van der Waals surface area (Å²) >= 11 is 0. The van der Waals surface area contributed by atoms with Crippen molar-refractivity contribution in [3.63, 3.8) is 0 Å². The van der Waals surface area contributed by atoms with Gasteiger partial charge in [0.25, 0.3) is 0 Å². The zero-order valence-electron chi connectivity index (χ0n) is 20.5. The predicted molar refractivity (Wildman–Crippen MR) is 141 cm³/mol. The van der Waals surface area contributed by atoms with Gasteiger partial charge in [-0.15, -0.1) is 0 Å². The molecule has 0 saturated heterocycles. The number of esters is 1. The molecule has 3 rings (SSSR count). The quantitative estimate of drug-likeness (QED) is 0.112. The molecular formula is C31H36O3. The first kappa shape index (κ1) is 25.3. The van der Waals surface area contributed by atoms with Crippen LogP contribution in [0.2, 0.25) is 0 Å². The highest BCUT2D eigenvalue weighted by molar-refractivity contribution is 5.88. The smallest absolute Gasteiger partial charge is 0.336 e. The van der Waals surface area contributed by atoms with Gasteiger partial charge in [-0.05, 0) is 71.9 Å². The van der Waals surface area contributed by atoms with E-state index in [1.807, 2.05) is 48.5 Å². The van der Waals surface area contributed by atoms with Gasteiger partial charge in [0.15, 0.2) is 0 Å². The third-order valence-electron chi connectivity index (χ3n) is 5.74. The first-order valence-electron chi connectivity index (χ1n) is 12.5. The molecule has 0 aliphatic carbocycles. The highest BCUT2D eigenvalue weighted by Gasteiger charge is 2.03. The van der Waals surface area contributed by atoms with E-state index < -0.39 is 0 Å². The van der Waals surface area contributed by atoms with Crippen LogP contribution in [0.3, 0.4) is 0 Å². The Bertz CT molecular complexity index is 1020. The van der Waals surface area contributed by atoms with Gasteiger partial charge >= 0.3 is 5.97 Å². The van der Waals surface area contributed by atoms with E-state index in [4.69, 9.17) is 9.47 Å². The van der Waals surface area contributed by atoms with E-state index in [0.717, 1.165) is 41.9 Å². The lowest BCUT2D eigenvalue weighted by atomic mass is 10.0. The highest BCUT2D eigenvalue weighted by Crippen LogP contribution is 2.23. The molecular weight excluding hydrogens is 420 g/mol. The monoisotopic (exact) mass is 456 g/mol. The van der Waals surface area contributed by atoms with Crippen molar-refractivity contribution in [2.24, 2.45) is 0 Å². The third kappa shape index (κ3) is 8.55. The van der Waals surface area contributed by atoms with Gasteiger partial charge in [-0.25, -0.2) is 4.79 Å². The van der Waals surface area contributed by atoms with Crippen LogP contribution in [0.15, 0.2) is 78.9 Å². The summed E-state index contributed by atoms with van der Waals surface area (Å²) in [7, 11) is 0. The molecule has 34 heavy (non-hydrogen) atoms. The van der Waals surface area contributed by atoms with Crippen molar-refractivity contribution in [1.29, 1.82) is 0 Å². The van der Waals surface area contributed by atoms with Gasteiger partial charge in [0, 0.05) is 6.08 Å². The summed E-state index contributed by atoms with van der Waals surface area (Å²) in [6, 6.07) is 24.1. The topological polar surface area (TPSA) is 35.5 Å². The van der Waals surface area contributed by atoms with E-state index in [1.54, 1.807) is 6.08 Å².